The van der Waals surface area contributed by atoms with Gasteiger partial charge in [0.05, 0.1) is 6.10 Å². The molecule has 1 rings (SSSR count). The highest BCUT2D eigenvalue weighted by molar-refractivity contribution is 5.78. The molecule has 1 atom stereocenters. The second-order valence-electron chi connectivity index (χ2n) is 3.91. The first kappa shape index (κ1) is 12.3. The van der Waals surface area contributed by atoms with Gasteiger partial charge in [-0.05, 0) is 26.2 Å². The number of guanidine groups is 1. The van der Waals surface area contributed by atoms with Crippen LogP contribution in [0.1, 0.15) is 33.1 Å². The molecule has 0 amide bonds. The minimum atomic E-state index is 0.348. The second-order valence-corrected chi connectivity index (χ2v) is 3.91. The van der Waals surface area contributed by atoms with Gasteiger partial charge in [-0.1, -0.05) is 6.92 Å². The van der Waals surface area contributed by atoms with Crippen molar-refractivity contribution in [1.29, 1.82) is 0 Å². The van der Waals surface area contributed by atoms with E-state index in [1.54, 1.807) is 0 Å². The van der Waals surface area contributed by atoms with Crippen molar-refractivity contribution in [3.63, 3.8) is 0 Å². The highest BCUT2D eigenvalue weighted by Gasteiger charge is 2.19. The standard InChI is InChI=1S/C11H23N3O/c1-3-7-13-11(12)14(4-2)9-10-6-5-8-15-10/h10H,3-9H2,1-2H3,(H2,12,13). The molecule has 15 heavy (non-hydrogen) atoms. The summed E-state index contributed by atoms with van der Waals surface area (Å²) in [5.41, 5.74) is 5.91. The van der Waals surface area contributed by atoms with Crippen molar-refractivity contribution >= 4 is 5.96 Å². The van der Waals surface area contributed by atoms with Crippen molar-refractivity contribution in [3.05, 3.63) is 0 Å². The Morgan fingerprint density at radius 3 is 2.87 bits per heavy atom. The van der Waals surface area contributed by atoms with Crippen LogP contribution in [0, 0.1) is 0 Å². The fraction of sp³-hybridized carbons (Fsp3) is 0.909. The molecule has 1 unspecified atom stereocenters. The van der Waals surface area contributed by atoms with Gasteiger partial charge in [-0.3, -0.25) is 4.99 Å². The van der Waals surface area contributed by atoms with Gasteiger partial charge in [0.15, 0.2) is 5.96 Å². The van der Waals surface area contributed by atoms with Crippen LogP contribution in [-0.2, 0) is 4.74 Å². The van der Waals surface area contributed by atoms with Gasteiger partial charge in [-0.15, -0.1) is 0 Å². The zero-order valence-electron chi connectivity index (χ0n) is 9.91. The number of nitrogens with two attached hydrogens (primary N) is 1. The molecule has 0 radical (unpaired) electrons. The number of nitrogens with zero attached hydrogens (tertiary/aromatic N) is 2. The molecule has 1 fully saturated rings. The van der Waals surface area contributed by atoms with Crippen molar-refractivity contribution in [3.8, 4) is 0 Å². The lowest BCUT2D eigenvalue weighted by molar-refractivity contribution is 0.0920. The van der Waals surface area contributed by atoms with Crippen molar-refractivity contribution in [1.82, 2.24) is 4.90 Å². The van der Waals surface area contributed by atoms with Crippen LogP contribution in [0.5, 0.6) is 0 Å². The fourth-order valence-electron chi connectivity index (χ4n) is 1.75. The number of aliphatic imine (C=N–C) groups is 1. The number of hydrogen-bond acceptors (Lipinski definition) is 2. The lowest BCUT2D eigenvalue weighted by Gasteiger charge is -2.24. The van der Waals surface area contributed by atoms with Gasteiger partial charge in [-0.25, -0.2) is 0 Å². The Labute approximate surface area is 92.5 Å². The Morgan fingerprint density at radius 2 is 2.33 bits per heavy atom. The van der Waals surface area contributed by atoms with E-state index in [-0.39, 0.29) is 0 Å². The summed E-state index contributed by atoms with van der Waals surface area (Å²) in [6.45, 7) is 7.70. The van der Waals surface area contributed by atoms with E-state index in [1.165, 1.54) is 6.42 Å². The van der Waals surface area contributed by atoms with Crippen molar-refractivity contribution in [2.45, 2.75) is 39.2 Å². The molecule has 0 aliphatic carbocycles. The van der Waals surface area contributed by atoms with Crippen LogP contribution < -0.4 is 5.73 Å². The summed E-state index contributed by atoms with van der Waals surface area (Å²) < 4.78 is 5.59. The number of ether oxygens (including phenoxy) is 1. The number of hydrogen-bond donors (Lipinski definition) is 1. The van der Waals surface area contributed by atoms with E-state index in [9.17, 15) is 0 Å². The molecule has 0 aromatic carbocycles. The number of rotatable bonds is 5. The molecular weight excluding hydrogens is 190 g/mol. The van der Waals surface area contributed by atoms with E-state index in [0.29, 0.717) is 12.1 Å². The first-order valence-corrected chi connectivity index (χ1v) is 5.94. The lowest BCUT2D eigenvalue weighted by Crippen LogP contribution is -2.42. The molecule has 1 heterocycles. The summed E-state index contributed by atoms with van der Waals surface area (Å²) in [6.07, 6.45) is 3.71. The molecule has 88 valence electrons. The maximum Gasteiger partial charge on any atom is 0.191 e. The first-order chi connectivity index (χ1) is 7.27. The van der Waals surface area contributed by atoms with Gasteiger partial charge in [-0.2, -0.15) is 0 Å². The molecule has 1 aliphatic rings. The average Bonchev–Trinajstić information content (AvgIpc) is 2.75. The van der Waals surface area contributed by atoms with Gasteiger partial charge in [0, 0.05) is 26.2 Å². The van der Waals surface area contributed by atoms with Gasteiger partial charge in [0.25, 0.3) is 0 Å². The van der Waals surface area contributed by atoms with Crippen molar-refractivity contribution in [2.75, 3.05) is 26.2 Å². The summed E-state index contributed by atoms with van der Waals surface area (Å²) in [5, 5.41) is 0. The van der Waals surface area contributed by atoms with Crippen LogP contribution >= 0.6 is 0 Å². The Morgan fingerprint density at radius 1 is 1.53 bits per heavy atom. The van der Waals surface area contributed by atoms with E-state index in [0.717, 1.165) is 39.1 Å². The maximum absolute atomic E-state index is 5.91. The van der Waals surface area contributed by atoms with E-state index < -0.39 is 0 Å². The van der Waals surface area contributed by atoms with Crippen LogP contribution in [0.3, 0.4) is 0 Å². The van der Waals surface area contributed by atoms with Crippen LogP contribution in [0.25, 0.3) is 0 Å². The molecule has 1 saturated heterocycles. The Balaban J connectivity index is 2.39. The smallest absolute Gasteiger partial charge is 0.191 e. The second kappa shape index (κ2) is 6.67. The topological polar surface area (TPSA) is 50.8 Å². The summed E-state index contributed by atoms with van der Waals surface area (Å²) in [4.78, 5) is 6.42. The highest BCUT2D eigenvalue weighted by atomic mass is 16.5. The summed E-state index contributed by atoms with van der Waals surface area (Å²) in [6, 6.07) is 0. The molecule has 0 spiro atoms. The number of likely N-dealkylation sites (N-methyl/N-ethyl adjacent to an activating group) is 1. The van der Waals surface area contributed by atoms with Crippen LogP contribution in [0.2, 0.25) is 0 Å². The average molecular weight is 213 g/mol. The van der Waals surface area contributed by atoms with E-state index in [1.807, 2.05) is 0 Å². The minimum absolute atomic E-state index is 0.348. The zero-order chi connectivity index (χ0) is 11.1. The molecule has 0 aromatic rings. The molecule has 0 aromatic heterocycles. The summed E-state index contributed by atoms with van der Waals surface area (Å²) in [5.74, 6) is 0.662. The lowest BCUT2D eigenvalue weighted by atomic mass is 10.2. The summed E-state index contributed by atoms with van der Waals surface area (Å²) in [7, 11) is 0. The molecule has 0 bridgehead atoms. The van der Waals surface area contributed by atoms with Gasteiger partial charge in [0.1, 0.15) is 0 Å². The van der Waals surface area contributed by atoms with Crippen molar-refractivity contribution in [2.24, 2.45) is 10.7 Å². The third-order valence-electron chi connectivity index (χ3n) is 2.65. The van der Waals surface area contributed by atoms with Crippen molar-refractivity contribution < 1.29 is 4.74 Å². The van der Waals surface area contributed by atoms with Crippen LogP contribution in [0.4, 0.5) is 0 Å². The van der Waals surface area contributed by atoms with E-state index in [4.69, 9.17) is 10.5 Å². The molecule has 1 aliphatic heterocycles. The molecule has 2 N–H and O–H groups in total. The molecule has 0 saturated carbocycles. The van der Waals surface area contributed by atoms with E-state index >= 15 is 0 Å². The zero-order valence-corrected chi connectivity index (χ0v) is 9.91. The Kier molecular flexibility index (Phi) is 5.47. The quantitative estimate of drug-likeness (QED) is 0.551. The predicted octanol–water partition coefficient (Wildman–Crippen LogP) is 1.21. The fourth-order valence-corrected chi connectivity index (χ4v) is 1.75. The third kappa shape index (κ3) is 4.08. The monoisotopic (exact) mass is 213 g/mol. The van der Waals surface area contributed by atoms with Gasteiger partial charge in [0.2, 0.25) is 0 Å². The summed E-state index contributed by atoms with van der Waals surface area (Å²) >= 11 is 0. The SMILES string of the molecule is CCCN=C(N)N(CC)CC1CCCO1. The Bertz CT molecular complexity index is 200. The highest BCUT2D eigenvalue weighted by Crippen LogP contribution is 2.13. The van der Waals surface area contributed by atoms with E-state index in [2.05, 4.69) is 23.7 Å². The van der Waals surface area contributed by atoms with Crippen LogP contribution in [-0.4, -0.2) is 43.2 Å². The largest absolute Gasteiger partial charge is 0.376 e. The van der Waals surface area contributed by atoms with Crippen LogP contribution in [0.15, 0.2) is 4.99 Å². The van der Waals surface area contributed by atoms with Gasteiger partial charge >= 0.3 is 0 Å². The molecule has 4 nitrogen and oxygen atoms in total. The molecule has 4 heteroatoms. The maximum atomic E-state index is 5.91. The third-order valence-corrected chi connectivity index (χ3v) is 2.65. The normalized spacial score (nSPS) is 22.0. The first-order valence-electron chi connectivity index (χ1n) is 5.94. The molecular formula is C11H23N3O. The Hall–Kier alpha value is -0.770. The minimum Gasteiger partial charge on any atom is -0.376 e. The predicted molar refractivity (Wildman–Crippen MR) is 63.0 cm³/mol. The van der Waals surface area contributed by atoms with Gasteiger partial charge < -0.3 is 15.4 Å².